The Morgan fingerprint density at radius 2 is 2.25 bits per heavy atom. The van der Waals surface area contributed by atoms with E-state index >= 15 is 0 Å². The molecule has 0 aromatic carbocycles. The van der Waals surface area contributed by atoms with E-state index in [0.717, 1.165) is 26.1 Å². The molecule has 1 N–H and O–H groups in total. The molecule has 0 fully saturated rings. The van der Waals surface area contributed by atoms with Crippen LogP contribution in [0.4, 0.5) is 0 Å². The van der Waals surface area contributed by atoms with Crippen LogP contribution in [-0.4, -0.2) is 37.6 Å². The SMILES string of the molecule is C#CCN(C)CCC(C)NCC. The zero-order chi connectivity index (χ0) is 9.40. The lowest BCUT2D eigenvalue weighted by Gasteiger charge is -2.17. The van der Waals surface area contributed by atoms with Crippen LogP contribution in [0, 0.1) is 12.3 Å². The van der Waals surface area contributed by atoms with E-state index in [0.29, 0.717) is 6.04 Å². The summed E-state index contributed by atoms with van der Waals surface area (Å²) in [5.74, 6) is 2.63. The van der Waals surface area contributed by atoms with Gasteiger partial charge in [0.2, 0.25) is 0 Å². The largest absolute Gasteiger partial charge is 0.314 e. The minimum atomic E-state index is 0.593. The van der Waals surface area contributed by atoms with Crippen molar-refractivity contribution >= 4 is 0 Å². The summed E-state index contributed by atoms with van der Waals surface area (Å²) in [6.45, 7) is 7.19. The van der Waals surface area contributed by atoms with E-state index in [1.54, 1.807) is 0 Å². The molecule has 0 aliphatic carbocycles. The van der Waals surface area contributed by atoms with Gasteiger partial charge in [-0.25, -0.2) is 0 Å². The maximum Gasteiger partial charge on any atom is 0.0596 e. The van der Waals surface area contributed by atoms with Gasteiger partial charge in [0.1, 0.15) is 0 Å². The summed E-state index contributed by atoms with van der Waals surface area (Å²) in [5, 5.41) is 3.36. The molecule has 70 valence electrons. The van der Waals surface area contributed by atoms with Gasteiger partial charge in [0.25, 0.3) is 0 Å². The van der Waals surface area contributed by atoms with Crippen molar-refractivity contribution in [2.45, 2.75) is 26.3 Å². The van der Waals surface area contributed by atoms with E-state index in [2.05, 4.69) is 37.0 Å². The predicted molar refractivity (Wildman–Crippen MR) is 54.1 cm³/mol. The zero-order valence-electron chi connectivity index (χ0n) is 8.43. The maximum absolute atomic E-state index is 5.19. The topological polar surface area (TPSA) is 15.3 Å². The molecule has 2 heteroatoms. The molecule has 0 spiro atoms. The lowest BCUT2D eigenvalue weighted by atomic mass is 10.2. The van der Waals surface area contributed by atoms with Crippen LogP contribution in [0.2, 0.25) is 0 Å². The van der Waals surface area contributed by atoms with E-state index in [4.69, 9.17) is 6.42 Å². The third kappa shape index (κ3) is 6.21. The molecule has 0 aliphatic heterocycles. The van der Waals surface area contributed by atoms with Crippen LogP contribution in [0.1, 0.15) is 20.3 Å². The van der Waals surface area contributed by atoms with Gasteiger partial charge in [0.15, 0.2) is 0 Å². The van der Waals surface area contributed by atoms with Crippen LogP contribution in [0.5, 0.6) is 0 Å². The molecule has 1 atom stereocenters. The highest BCUT2D eigenvalue weighted by molar-refractivity contribution is 4.87. The van der Waals surface area contributed by atoms with Crippen LogP contribution in [0.15, 0.2) is 0 Å². The zero-order valence-corrected chi connectivity index (χ0v) is 8.43. The summed E-state index contributed by atoms with van der Waals surface area (Å²) in [6, 6.07) is 0.593. The summed E-state index contributed by atoms with van der Waals surface area (Å²) in [4.78, 5) is 2.16. The Kier molecular flexibility index (Phi) is 6.84. The van der Waals surface area contributed by atoms with Crippen molar-refractivity contribution in [3.05, 3.63) is 0 Å². The number of hydrogen-bond acceptors (Lipinski definition) is 2. The summed E-state index contributed by atoms with van der Waals surface area (Å²) in [7, 11) is 2.05. The normalized spacial score (nSPS) is 12.9. The Morgan fingerprint density at radius 1 is 1.58 bits per heavy atom. The summed E-state index contributed by atoms with van der Waals surface area (Å²) in [6.07, 6.45) is 6.35. The first-order valence-corrected chi connectivity index (χ1v) is 4.56. The van der Waals surface area contributed by atoms with Gasteiger partial charge in [-0.3, -0.25) is 4.90 Å². The Bertz CT molecular complexity index is 137. The second kappa shape index (κ2) is 7.15. The fourth-order valence-electron chi connectivity index (χ4n) is 1.10. The molecule has 1 unspecified atom stereocenters. The fourth-order valence-corrected chi connectivity index (χ4v) is 1.10. The van der Waals surface area contributed by atoms with Crippen molar-refractivity contribution in [1.82, 2.24) is 10.2 Å². The molecule has 2 nitrogen and oxygen atoms in total. The molecular formula is C10H20N2. The van der Waals surface area contributed by atoms with E-state index in [1.807, 2.05) is 0 Å². The van der Waals surface area contributed by atoms with Gasteiger partial charge in [-0.1, -0.05) is 12.8 Å². The van der Waals surface area contributed by atoms with Gasteiger partial charge < -0.3 is 5.32 Å². The van der Waals surface area contributed by atoms with Gasteiger partial charge in [-0.2, -0.15) is 0 Å². The van der Waals surface area contributed by atoms with Gasteiger partial charge >= 0.3 is 0 Å². The maximum atomic E-state index is 5.19. The van der Waals surface area contributed by atoms with Crippen LogP contribution in [-0.2, 0) is 0 Å². The van der Waals surface area contributed by atoms with Crippen molar-refractivity contribution in [3.63, 3.8) is 0 Å². The average Bonchev–Trinajstić information content (AvgIpc) is 2.02. The summed E-state index contributed by atoms with van der Waals surface area (Å²) >= 11 is 0. The number of hydrogen-bond donors (Lipinski definition) is 1. The van der Waals surface area contributed by atoms with E-state index in [-0.39, 0.29) is 0 Å². The van der Waals surface area contributed by atoms with E-state index < -0.39 is 0 Å². The third-order valence-electron chi connectivity index (χ3n) is 1.86. The first kappa shape index (κ1) is 11.5. The average molecular weight is 168 g/mol. The molecule has 0 bridgehead atoms. The minimum Gasteiger partial charge on any atom is -0.314 e. The van der Waals surface area contributed by atoms with Crippen molar-refractivity contribution < 1.29 is 0 Å². The van der Waals surface area contributed by atoms with Gasteiger partial charge in [0, 0.05) is 12.6 Å². The minimum absolute atomic E-state index is 0.593. The van der Waals surface area contributed by atoms with Gasteiger partial charge in [-0.05, 0) is 26.9 Å². The second-order valence-corrected chi connectivity index (χ2v) is 3.19. The smallest absolute Gasteiger partial charge is 0.0596 e. The molecule has 0 radical (unpaired) electrons. The second-order valence-electron chi connectivity index (χ2n) is 3.19. The first-order chi connectivity index (χ1) is 5.70. The lowest BCUT2D eigenvalue weighted by Crippen LogP contribution is -2.30. The van der Waals surface area contributed by atoms with Crippen molar-refractivity contribution in [2.75, 3.05) is 26.7 Å². The molecule has 0 saturated carbocycles. The molecule has 0 rings (SSSR count). The third-order valence-corrected chi connectivity index (χ3v) is 1.86. The highest BCUT2D eigenvalue weighted by Gasteiger charge is 2.01. The summed E-state index contributed by atoms with van der Waals surface area (Å²) in [5.41, 5.74) is 0. The molecule has 0 aliphatic rings. The fraction of sp³-hybridized carbons (Fsp3) is 0.800. The molecule has 0 aromatic rings. The number of nitrogens with zero attached hydrogens (tertiary/aromatic N) is 1. The molecule has 0 aromatic heterocycles. The van der Waals surface area contributed by atoms with Crippen LogP contribution < -0.4 is 5.32 Å². The predicted octanol–water partition coefficient (Wildman–Crippen LogP) is 0.940. The quantitative estimate of drug-likeness (QED) is 0.594. The highest BCUT2D eigenvalue weighted by atomic mass is 15.1. The lowest BCUT2D eigenvalue weighted by molar-refractivity contribution is 0.344. The molecule has 0 heterocycles. The molecular weight excluding hydrogens is 148 g/mol. The van der Waals surface area contributed by atoms with E-state index in [1.165, 1.54) is 0 Å². The van der Waals surface area contributed by atoms with Crippen molar-refractivity contribution in [3.8, 4) is 12.3 Å². The Morgan fingerprint density at radius 3 is 2.75 bits per heavy atom. The van der Waals surface area contributed by atoms with E-state index in [9.17, 15) is 0 Å². The van der Waals surface area contributed by atoms with Gasteiger partial charge in [0.05, 0.1) is 6.54 Å². The standard InChI is InChI=1S/C10H20N2/c1-5-8-12(4)9-7-10(3)11-6-2/h1,10-11H,6-9H2,2-4H3. The van der Waals surface area contributed by atoms with Crippen LogP contribution >= 0.6 is 0 Å². The Labute approximate surface area is 76.3 Å². The summed E-state index contributed by atoms with van der Waals surface area (Å²) < 4.78 is 0. The highest BCUT2D eigenvalue weighted by Crippen LogP contribution is 1.92. The Hall–Kier alpha value is -0.520. The van der Waals surface area contributed by atoms with Gasteiger partial charge in [-0.15, -0.1) is 6.42 Å². The molecule has 12 heavy (non-hydrogen) atoms. The van der Waals surface area contributed by atoms with Crippen LogP contribution in [0.25, 0.3) is 0 Å². The van der Waals surface area contributed by atoms with Crippen LogP contribution in [0.3, 0.4) is 0 Å². The number of nitrogens with one attached hydrogen (secondary N) is 1. The monoisotopic (exact) mass is 168 g/mol. The number of rotatable bonds is 6. The van der Waals surface area contributed by atoms with Crippen molar-refractivity contribution in [2.24, 2.45) is 0 Å². The number of terminal acetylenes is 1. The molecule has 0 amide bonds. The molecule has 0 saturated heterocycles. The Balaban J connectivity index is 3.34. The van der Waals surface area contributed by atoms with Crippen molar-refractivity contribution in [1.29, 1.82) is 0 Å². The first-order valence-electron chi connectivity index (χ1n) is 4.56.